The molecule has 1 saturated heterocycles. The standard InChI is InChI=1S/C29H46F3NO3/c1-16-12-17(13-33-15-29(30,31)32)36-22-21(16)25(4)10-11-28-14-27(28)9-8-20(34)24(2,3)18(27)6-7-19(28)26(25,5)23(22)35/h16-23,33-35H,6-15H2,1-5H3/t16-,17-,18?,19?,20+,21?,22+,23+,25-,26-,27-,28+/m1/s1. The first-order chi connectivity index (χ1) is 16.6. The van der Waals surface area contributed by atoms with Gasteiger partial charge in [0, 0.05) is 12.0 Å². The van der Waals surface area contributed by atoms with Crippen molar-refractivity contribution in [3.05, 3.63) is 0 Å². The lowest BCUT2D eigenvalue weighted by atomic mass is 9.41. The Kier molecular flexibility index (Phi) is 5.49. The van der Waals surface area contributed by atoms with Gasteiger partial charge >= 0.3 is 6.18 Å². The highest BCUT2D eigenvalue weighted by atomic mass is 19.4. The van der Waals surface area contributed by atoms with Crippen molar-refractivity contribution in [2.45, 2.75) is 117 Å². The molecular weight excluding hydrogens is 467 g/mol. The molecule has 0 bridgehead atoms. The van der Waals surface area contributed by atoms with Crippen molar-refractivity contribution in [3.8, 4) is 0 Å². The van der Waals surface area contributed by atoms with E-state index < -0.39 is 18.8 Å². The SMILES string of the molecule is C[C@@H]1C[C@H](CNCC(F)(F)F)O[C@H]2C1[C@@]1(C)CC[C@@]34C[C@@]35CC[C@H](O)C(C)(C)C5CCC4[C@]1(C)[C@H]2O. The highest BCUT2D eigenvalue weighted by Crippen LogP contribution is 2.89. The molecule has 0 amide bonds. The third-order valence-electron chi connectivity index (χ3n) is 13.6. The predicted molar refractivity (Wildman–Crippen MR) is 131 cm³/mol. The van der Waals surface area contributed by atoms with Gasteiger partial charge in [-0.3, -0.25) is 0 Å². The Morgan fingerprint density at radius 3 is 2.31 bits per heavy atom. The van der Waals surface area contributed by atoms with E-state index in [1.165, 1.54) is 12.8 Å². The molecule has 3 unspecified atom stereocenters. The minimum atomic E-state index is -4.23. The summed E-state index contributed by atoms with van der Waals surface area (Å²) in [6.45, 7) is 10.7. The third-order valence-corrected chi connectivity index (χ3v) is 13.6. The number of aliphatic hydroxyl groups is 2. The van der Waals surface area contributed by atoms with Gasteiger partial charge in [0.15, 0.2) is 0 Å². The molecule has 0 aromatic carbocycles. The van der Waals surface area contributed by atoms with Crippen LogP contribution in [0.5, 0.6) is 0 Å². The fourth-order valence-electron chi connectivity index (χ4n) is 11.9. The number of nitrogens with one attached hydrogen (secondary N) is 1. The maximum atomic E-state index is 12.7. The van der Waals surface area contributed by atoms with E-state index in [0.29, 0.717) is 23.2 Å². The van der Waals surface area contributed by atoms with Crippen LogP contribution in [0, 0.1) is 50.7 Å². The van der Waals surface area contributed by atoms with Gasteiger partial charge in [0.2, 0.25) is 0 Å². The van der Waals surface area contributed by atoms with Gasteiger partial charge < -0.3 is 20.3 Å². The summed E-state index contributed by atoms with van der Waals surface area (Å²) < 4.78 is 44.6. The van der Waals surface area contributed by atoms with Crippen LogP contribution in [0.3, 0.4) is 0 Å². The molecule has 6 rings (SSSR count). The van der Waals surface area contributed by atoms with Gasteiger partial charge in [-0.15, -0.1) is 0 Å². The van der Waals surface area contributed by atoms with Crippen molar-refractivity contribution in [2.75, 3.05) is 13.1 Å². The zero-order valence-corrected chi connectivity index (χ0v) is 22.6. The smallest absolute Gasteiger partial charge is 0.393 e. The van der Waals surface area contributed by atoms with Gasteiger partial charge in [-0.2, -0.15) is 13.2 Å². The summed E-state index contributed by atoms with van der Waals surface area (Å²) in [5.41, 5.74) is 0.180. The Labute approximate surface area is 214 Å². The molecular formula is C29H46F3NO3. The molecule has 2 spiro atoms. The maximum absolute atomic E-state index is 12.7. The number of ether oxygens (including phenoxy) is 1. The molecule has 6 aliphatic rings. The lowest BCUT2D eigenvalue weighted by Crippen LogP contribution is -2.59. The molecule has 0 aromatic rings. The van der Waals surface area contributed by atoms with Crippen LogP contribution >= 0.6 is 0 Å². The number of halogens is 3. The van der Waals surface area contributed by atoms with Crippen LogP contribution < -0.4 is 5.32 Å². The highest BCUT2D eigenvalue weighted by Gasteiger charge is 2.84. The molecule has 1 aliphatic heterocycles. The first-order valence-corrected chi connectivity index (χ1v) is 14.4. The molecule has 1 heterocycles. The van der Waals surface area contributed by atoms with Crippen molar-refractivity contribution in [1.82, 2.24) is 5.32 Å². The van der Waals surface area contributed by atoms with Gasteiger partial charge in [-0.25, -0.2) is 0 Å². The van der Waals surface area contributed by atoms with E-state index in [1.807, 2.05) is 0 Å². The second-order valence-corrected chi connectivity index (χ2v) is 14.9. The quantitative estimate of drug-likeness (QED) is 0.479. The van der Waals surface area contributed by atoms with Crippen molar-refractivity contribution in [2.24, 2.45) is 50.7 Å². The normalized spacial score (nSPS) is 57.2. The van der Waals surface area contributed by atoms with Gasteiger partial charge in [0.05, 0.1) is 31.0 Å². The van der Waals surface area contributed by atoms with Crippen molar-refractivity contribution in [1.29, 1.82) is 0 Å². The lowest BCUT2D eigenvalue weighted by Gasteiger charge is -2.63. The number of alkyl halides is 3. The van der Waals surface area contributed by atoms with Crippen molar-refractivity contribution >= 4 is 0 Å². The average Bonchev–Trinajstić information content (AvgIpc) is 3.41. The van der Waals surface area contributed by atoms with Crippen LogP contribution in [-0.4, -0.2) is 53.9 Å². The molecule has 12 atom stereocenters. The molecule has 0 aromatic heterocycles. The number of aliphatic hydroxyl groups excluding tert-OH is 2. The van der Waals surface area contributed by atoms with E-state index in [-0.39, 0.29) is 52.4 Å². The summed E-state index contributed by atoms with van der Waals surface area (Å²) in [7, 11) is 0. The summed E-state index contributed by atoms with van der Waals surface area (Å²) in [4.78, 5) is 0. The summed E-state index contributed by atoms with van der Waals surface area (Å²) in [5.74, 6) is 1.50. The second-order valence-electron chi connectivity index (χ2n) is 14.9. The summed E-state index contributed by atoms with van der Waals surface area (Å²) in [6.07, 6.45) is 2.77. The van der Waals surface area contributed by atoms with E-state index >= 15 is 0 Å². The number of rotatable bonds is 3. The van der Waals surface area contributed by atoms with E-state index in [1.54, 1.807) is 0 Å². The van der Waals surface area contributed by atoms with Crippen LogP contribution in [-0.2, 0) is 4.74 Å². The van der Waals surface area contributed by atoms with Gasteiger partial charge in [0.25, 0.3) is 0 Å². The predicted octanol–water partition coefficient (Wildman–Crippen LogP) is 5.31. The Morgan fingerprint density at radius 2 is 1.61 bits per heavy atom. The zero-order valence-electron chi connectivity index (χ0n) is 22.6. The van der Waals surface area contributed by atoms with E-state index in [9.17, 15) is 23.4 Å². The van der Waals surface area contributed by atoms with Gasteiger partial charge in [0.1, 0.15) is 0 Å². The molecule has 36 heavy (non-hydrogen) atoms. The van der Waals surface area contributed by atoms with E-state index in [2.05, 4.69) is 39.9 Å². The van der Waals surface area contributed by atoms with Crippen LogP contribution in [0.25, 0.3) is 0 Å². The topological polar surface area (TPSA) is 61.7 Å². The fourth-order valence-corrected chi connectivity index (χ4v) is 11.9. The highest BCUT2D eigenvalue weighted by molar-refractivity contribution is 5.32. The average molecular weight is 514 g/mol. The molecule has 3 N–H and O–H groups in total. The Hall–Kier alpha value is -0.370. The van der Waals surface area contributed by atoms with Crippen LogP contribution in [0.15, 0.2) is 0 Å². The van der Waals surface area contributed by atoms with Crippen LogP contribution in [0.2, 0.25) is 0 Å². The molecule has 206 valence electrons. The van der Waals surface area contributed by atoms with Crippen molar-refractivity contribution < 1.29 is 28.1 Å². The van der Waals surface area contributed by atoms with E-state index in [0.717, 1.165) is 38.5 Å². The molecule has 0 radical (unpaired) electrons. The number of hydrogen-bond acceptors (Lipinski definition) is 4. The van der Waals surface area contributed by atoms with Crippen LogP contribution in [0.1, 0.15) is 86.0 Å². The summed E-state index contributed by atoms with van der Waals surface area (Å²) >= 11 is 0. The maximum Gasteiger partial charge on any atom is 0.401 e. The molecule has 6 fully saturated rings. The largest absolute Gasteiger partial charge is 0.401 e. The molecule has 5 aliphatic carbocycles. The van der Waals surface area contributed by atoms with Gasteiger partial charge in [-0.1, -0.05) is 34.6 Å². The molecule has 7 heteroatoms. The summed E-state index contributed by atoms with van der Waals surface area (Å²) in [5, 5.41) is 25.5. The fraction of sp³-hybridized carbons (Fsp3) is 1.00. The molecule has 4 nitrogen and oxygen atoms in total. The first kappa shape index (κ1) is 25.9. The minimum Gasteiger partial charge on any atom is -0.393 e. The Morgan fingerprint density at radius 1 is 0.944 bits per heavy atom. The first-order valence-electron chi connectivity index (χ1n) is 14.4. The lowest BCUT2D eigenvalue weighted by molar-refractivity contribution is -0.182. The van der Waals surface area contributed by atoms with E-state index in [4.69, 9.17) is 4.74 Å². The Bertz CT molecular complexity index is 911. The monoisotopic (exact) mass is 513 g/mol. The number of fused-ring (bicyclic) bond motifs is 4. The Balaban J connectivity index is 1.28. The zero-order chi connectivity index (χ0) is 26.1. The second kappa shape index (κ2) is 7.63. The molecule has 5 saturated carbocycles. The third kappa shape index (κ3) is 3.03. The number of hydrogen-bond donors (Lipinski definition) is 3. The van der Waals surface area contributed by atoms with Crippen LogP contribution in [0.4, 0.5) is 13.2 Å². The van der Waals surface area contributed by atoms with Gasteiger partial charge in [-0.05, 0) is 96.7 Å². The summed E-state index contributed by atoms with van der Waals surface area (Å²) in [6, 6.07) is 0. The minimum absolute atomic E-state index is 0.0445. The van der Waals surface area contributed by atoms with Crippen molar-refractivity contribution in [3.63, 3.8) is 0 Å².